The molecule has 0 radical (unpaired) electrons. The van der Waals surface area contributed by atoms with Gasteiger partial charge < -0.3 is 25.4 Å². The lowest BCUT2D eigenvalue weighted by molar-refractivity contribution is -0.120. The van der Waals surface area contributed by atoms with Crippen molar-refractivity contribution < 1.29 is 23.9 Å². The Morgan fingerprint density at radius 2 is 1.59 bits per heavy atom. The molecule has 32 heavy (non-hydrogen) atoms. The molecule has 172 valence electrons. The minimum absolute atomic E-state index is 0.0946. The van der Waals surface area contributed by atoms with Gasteiger partial charge >= 0.3 is 6.09 Å². The predicted octanol–water partition coefficient (Wildman–Crippen LogP) is 3.41. The van der Waals surface area contributed by atoms with Crippen LogP contribution in [0.5, 0.6) is 5.75 Å². The van der Waals surface area contributed by atoms with Crippen LogP contribution in [0.2, 0.25) is 0 Å². The Labute approximate surface area is 188 Å². The molecule has 8 nitrogen and oxygen atoms in total. The molecule has 0 heterocycles. The van der Waals surface area contributed by atoms with Gasteiger partial charge in [0.2, 0.25) is 11.8 Å². The Morgan fingerprint density at radius 3 is 2.25 bits per heavy atom. The first-order valence-corrected chi connectivity index (χ1v) is 10.4. The van der Waals surface area contributed by atoms with Crippen molar-refractivity contribution in [2.75, 3.05) is 19.0 Å². The highest BCUT2D eigenvalue weighted by atomic mass is 16.6. The molecule has 0 fully saturated rings. The fourth-order valence-electron chi connectivity index (χ4n) is 2.79. The van der Waals surface area contributed by atoms with Crippen LogP contribution in [0.3, 0.4) is 0 Å². The number of methoxy groups -OCH3 is 1. The van der Waals surface area contributed by atoms with Gasteiger partial charge in [0.15, 0.2) is 0 Å². The maximum absolute atomic E-state index is 12.3. The van der Waals surface area contributed by atoms with E-state index >= 15 is 0 Å². The zero-order valence-corrected chi connectivity index (χ0v) is 19.0. The number of alkyl carbamates (subject to hydrolysis) is 1. The first kappa shape index (κ1) is 24.7. The number of rotatable bonds is 9. The third-order valence-corrected chi connectivity index (χ3v) is 4.31. The molecule has 0 saturated heterocycles. The van der Waals surface area contributed by atoms with Crippen LogP contribution in [0.25, 0.3) is 0 Å². The van der Waals surface area contributed by atoms with E-state index in [1.54, 1.807) is 40.0 Å². The zero-order valence-electron chi connectivity index (χ0n) is 19.0. The van der Waals surface area contributed by atoms with Gasteiger partial charge in [-0.2, -0.15) is 0 Å². The Bertz CT molecular complexity index is 920. The molecule has 0 atom stereocenters. The first-order chi connectivity index (χ1) is 15.2. The molecule has 0 aliphatic rings. The fourth-order valence-corrected chi connectivity index (χ4v) is 2.79. The van der Waals surface area contributed by atoms with E-state index in [-0.39, 0.29) is 37.7 Å². The van der Waals surface area contributed by atoms with Crippen LogP contribution < -0.4 is 20.7 Å². The molecule has 3 N–H and O–H groups in total. The molecular weight excluding hydrogens is 410 g/mol. The number of amides is 3. The van der Waals surface area contributed by atoms with Gasteiger partial charge in [0.1, 0.15) is 11.4 Å². The van der Waals surface area contributed by atoms with E-state index in [1.165, 1.54) is 0 Å². The standard InChI is InChI=1S/C24H31N3O5/c1-24(2,3)32-23(30)25-14-13-21(28)27-20-8-6-5-7-18(20)16-26-22(29)15-17-9-11-19(31-4)12-10-17/h5-12H,13-16H2,1-4H3,(H,25,30)(H,26,29)(H,27,28). The molecule has 8 heteroatoms. The highest BCUT2D eigenvalue weighted by Gasteiger charge is 2.16. The minimum atomic E-state index is -0.594. The normalized spacial score (nSPS) is 10.8. The smallest absolute Gasteiger partial charge is 0.407 e. The second-order valence-corrected chi connectivity index (χ2v) is 8.19. The van der Waals surface area contributed by atoms with Gasteiger partial charge in [-0.05, 0) is 50.1 Å². The molecule has 0 aliphatic heterocycles. The van der Waals surface area contributed by atoms with Gasteiger partial charge in [-0.15, -0.1) is 0 Å². The summed E-state index contributed by atoms with van der Waals surface area (Å²) in [6.45, 7) is 5.74. The van der Waals surface area contributed by atoms with Crippen LogP contribution in [-0.4, -0.2) is 37.2 Å². The third kappa shape index (κ3) is 9.07. The van der Waals surface area contributed by atoms with Gasteiger partial charge in [0, 0.05) is 25.2 Å². The zero-order chi connectivity index (χ0) is 23.6. The highest BCUT2D eigenvalue weighted by molar-refractivity contribution is 5.92. The van der Waals surface area contributed by atoms with Gasteiger partial charge in [-0.25, -0.2) is 4.79 Å². The summed E-state index contributed by atoms with van der Waals surface area (Å²) in [5.74, 6) is 0.357. The SMILES string of the molecule is COc1ccc(CC(=O)NCc2ccccc2NC(=O)CCNC(=O)OC(C)(C)C)cc1. The molecule has 0 saturated carbocycles. The van der Waals surface area contributed by atoms with Gasteiger partial charge in [0.05, 0.1) is 13.5 Å². The second kappa shape index (κ2) is 11.7. The van der Waals surface area contributed by atoms with E-state index in [4.69, 9.17) is 9.47 Å². The lowest BCUT2D eigenvalue weighted by Crippen LogP contribution is -2.34. The average molecular weight is 442 g/mol. The summed E-state index contributed by atoms with van der Waals surface area (Å²) in [7, 11) is 1.59. The summed E-state index contributed by atoms with van der Waals surface area (Å²) >= 11 is 0. The fraction of sp³-hybridized carbons (Fsp3) is 0.375. The molecule has 2 rings (SSSR count). The summed E-state index contributed by atoms with van der Waals surface area (Å²) in [6, 6.07) is 14.6. The van der Waals surface area contributed by atoms with Gasteiger partial charge in [-0.1, -0.05) is 30.3 Å². The minimum Gasteiger partial charge on any atom is -0.497 e. The maximum Gasteiger partial charge on any atom is 0.407 e. The molecule has 0 aromatic heterocycles. The summed E-state index contributed by atoms with van der Waals surface area (Å²) < 4.78 is 10.3. The summed E-state index contributed by atoms with van der Waals surface area (Å²) in [6.07, 6.45) is -0.225. The first-order valence-electron chi connectivity index (χ1n) is 10.4. The highest BCUT2D eigenvalue weighted by Crippen LogP contribution is 2.16. The quantitative estimate of drug-likeness (QED) is 0.553. The summed E-state index contributed by atoms with van der Waals surface area (Å²) in [5, 5.41) is 8.25. The van der Waals surface area contributed by atoms with Gasteiger partial charge in [-0.3, -0.25) is 9.59 Å². The van der Waals surface area contributed by atoms with Crippen LogP contribution >= 0.6 is 0 Å². The Kier molecular flexibility index (Phi) is 9.07. The summed E-state index contributed by atoms with van der Waals surface area (Å²) in [5.41, 5.74) is 1.68. The van der Waals surface area contributed by atoms with Crippen molar-refractivity contribution in [2.45, 2.75) is 45.8 Å². The number of benzene rings is 2. The Morgan fingerprint density at radius 1 is 0.906 bits per heavy atom. The van der Waals surface area contributed by atoms with E-state index in [0.29, 0.717) is 5.69 Å². The third-order valence-electron chi connectivity index (χ3n) is 4.31. The largest absolute Gasteiger partial charge is 0.497 e. The number of nitrogens with one attached hydrogen (secondary N) is 3. The molecule has 2 aromatic rings. The number of anilines is 1. The maximum atomic E-state index is 12.3. The van der Waals surface area contributed by atoms with E-state index < -0.39 is 11.7 Å². The van der Waals surface area contributed by atoms with Crippen molar-refractivity contribution >= 4 is 23.6 Å². The molecule has 0 unspecified atom stereocenters. The predicted molar refractivity (Wildman–Crippen MR) is 122 cm³/mol. The van der Waals surface area contributed by atoms with Crippen molar-refractivity contribution in [3.63, 3.8) is 0 Å². The molecule has 3 amide bonds. The molecule has 0 bridgehead atoms. The van der Waals surface area contributed by atoms with Crippen LogP contribution in [-0.2, 0) is 27.3 Å². The molecular formula is C24H31N3O5. The van der Waals surface area contributed by atoms with Gasteiger partial charge in [0.25, 0.3) is 0 Å². The van der Waals surface area contributed by atoms with Crippen LogP contribution in [0.15, 0.2) is 48.5 Å². The number of ether oxygens (including phenoxy) is 2. The number of hydrogen-bond donors (Lipinski definition) is 3. The molecule has 0 spiro atoms. The van der Waals surface area contributed by atoms with Crippen molar-refractivity contribution in [1.29, 1.82) is 0 Å². The van der Waals surface area contributed by atoms with Crippen molar-refractivity contribution in [3.05, 3.63) is 59.7 Å². The molecule has 2 aromatic carbocycles. The monoisotopic (exact) mass is 441 g/mol. The van der Waals surface area contributed by atoms with Crippen molar-refractivity contribution in [1.82, 2.24) is 10.6 Å². The molecule has 0 aliphatic carbocycles. The number of hydrogen-bond acceptors (Lipinski definition) is 5. The van der Waals surface area contributed by atoms with E-state index in [0.717, 1.165) is 16.9 Å². The van der Waals surface area contributed by atoms with E-state index in [1.807, 2.05) is 36.4 Å². The lowest BCUT2D eigenvalue weighted by atomic mass is 10.1. The van der Waals surface area contributed by atoms with Crippen LogP contribution in [0.4, 0.5) is 10.5 Å². The number of para-hydroxylation sites is 1. The number of carbonyl (C=O) groups is 3. The van der Waals surface area contributed by atoms with Crippen LogP contribution in [0, 0.1) is 0 Å². The summed E-state index contributed by atoms with van der Waals surface area (Å²) in [4.78, 5) is 36.2. The van der Waals surface area contributed by atoms with E-state index in [2.05, 4.69) is 16.0 Å². The Hall–Kier alpha value is -3.55. The lowest BCUT2D eigenvalue weighted by Gasteiger charge is -2.19. The topological polar surface area (TPSA) is 106 Å². The van der Waals surface area contributed by atoms with Crippen molar-refractivity contribution in [3.8, 4) is 5.75 Å². The number of carbonyl (C=O) groups excluding carboxylic acids is 3. The average Bonchev–Trinajstić information content (AvgIpc) is 2.72. The Balaban J connectivity index is 1.81. The van der Waals surface area contributed by atoms with Crippen molar-refractivity contribution in [2.24, 2.45) is 0 Å². The van der Waals surface area contributed by atoms with E-state index in [9.17, 15) is 14.4 Å². The second-order valence-electron chi connectivity index (χ2n) is 8.19. The van der Waals surface area contributed by atoms with Crippen LogP contribution in [0.1, 0.15) is 38.3 Å².